The van der Waals surface area contributed by atoms with Crippen molar-refractivity contribution in [3.8, 4) is 0 Å². The Morgan fingerprint density at radius 3 is 3.00 bits per heavy atom. The Labute approximate surface area is 73.5 Å². The molecule has 0 saturated heterocycles. The van der Waals surface area contributed by atoms with Crippen molar-refractivity contribution in [3.63, 3.8) is 0 Å². The molecule has 0 bridgehead atoms. The van der Waals surface area contributed by atoms with Crippen LogP contribution in [-0.4, -0.2) is 12.9 Å². The Kier molecular flexibility index (Phi) is 2.09. The fourth-order valence-corrected chi connectivity index (χ4v) is 1.92. The Morgan fingerprint density at radius 2 is 2.17 bits per heavy atom. The second-order valence-electron chi connectivity index (χ2n) is 3.87. The number of hydrogen-bond acceptors (Lipinski definition) is 2. The largest absolute Gasteiger partial charge is 0.470 e. The van der Waals surface area contributed by atoms with Crippen molar-refractivity contribution in [1.29, 1.82) is 0 Å². The molecule has 1 unspecified atom stereocenters. The summed E-state index contributed by atoms with van der Waals surface area (Å²) in [4.78, 5) is 0. The van der Waals surface area contributed by atoms with Gasteiger partial charge in [0.15, 0.2) is 6.29 Å². The SMILES string of the molecule is CC1OCC2=C(CC[C@@H](C)C2)O1. The second kappa shape index (κ2) is 3.09. The lowest BCUT2D eigenvalue weighted by molar-refractivity contribution is -0.121. The van der Waals surface area contributed by atoms with E-state index in [1.165, 1.54) is 24.2 Å². The van der Waals surface area contributed by atoms with Crippen LogP contribution in [-0.2, 0) is 9.47 Å². The van der Waals surface area contributed by atoms with E-state index in [0.717, 1.165) is 18.9 Å². The minimum atomic E-state index is -0.0304. The van der Waals surface area contributed by atoms with Gasteiger partial charge in [-0.3, -0.25) is 0 Å². The fraction of sp³-hybridized carbons (Fsp3) is 0.800. The molecule has 1 heterocycles. The molecule has 0 N–H and O–H groups in total. The summed E-state index contributed by atoms with van der Waals surface area (Å²) in [6.45, 7) is 5.05. The first kappa shape index (κ1) is 8.11. The molecule has 0 aromatic heterocycles. The first-order valence-electron chi connectivity index (χ1n) is 4.75. The maximum absolute atomic E-state index is 5.60. The van der Waals surface area contributed by atoms with Crippen LogP contribution in [0.15, 0.2) is 11.3 Å². The Bertz CT molecular complexity index is 186. The summed E-state index contributed by atoms with van der Waals surface area (Å²) in [6.07, 6.45) is 3.52. The third-order valence-corrected chi connectivity index (χ3v) is 2.65. The Balaban J connectivity index is 2.11. The van der Waals surface area contributed by atoms with Crippen LogP contribution in [0.5, 0.6) is 0 Å². The minimum Gasteiger partial charge on any atom is -0.470 e. The number of hydrogen-bond donors (Lipinski definition) is 0. The first-order chi connectivity index (χ1) is 5.75. The second-order valence-corrected chi connectivity index (χ2v) is 3.87. The predicted molar refractivity (Wildman–Crippen MR) is 46.5 cm³/mol. The van der Waals surface area contributed by atoms with E-state index in [1.807, 2.05) is 6.92 Å². The molecule has 1 aliphatic heterocycles. The van der Waals surface area contributed by atoms with Crippen LogP contribution in [0.2, 0.25) is 0 Å². The molecule has 0 aromatic carbocycles. The Hall–Kier alpha value is -0.500. The van der Waals surface area contributed by atoms with Gasteiger partial charge in [-0.2, -0.15) is 0 Å². The molecule has 2 aliphatic rings. The summed E-state index contributed by atoms with van der Waals surface area (Å²) in [6, 6.07) is 0. The normalized spacial score (nSPS) is 35.8. The molecule has 68 valence electrons. The summed E-state index contributed by atoms with van der Waals surface area (Å²) in [5, 5.41) is 0. The standard InChI is InChI=1S/C10H16O2/c1-7-3-4-10-9(5-7)6-11-8(2)12-10/h7-8H,3-6H2,1-2H3/t7-,8?/m1/s1. The van der Waals surface area contributed by atoms with Crippen LogP contribution in [0, 0.1) is 5.92 Å². The van der Waals surface area contributed by atoms with Gasteiger partial charge in [0.2, 0.25) is 0 Å². The molecular weight excluding hydrogens is 152 g/mol. The lowest BCUT2D eigenvalue weighted by atomic mass is 9.89. The van der Waals surface area contributed by atoms with Crippen LogP contribution in [0.3, 0.4) is 0 Å². The molecule has 2 rings (SSSR count). The number of ether oxygens (including phenoxy) is 2. The quantitative estimate of drug-likeness (QED) is 0.553. The van der Waals surface area contributed by atoms with Crippen LogP contribution in [0.25, 0.3) is 0 Å². The molecule has 0 amide bonds. The summed E-state index contributed by atoms with van der Waals surface area (Å²) in [5.74, 6) is 2.02. The average molecular weight is 168 g/mol. The van der Waals surface area contributed by atoms with Gasteiger partial charge in [0.1, 0.15) is 5.76 Å². The maximum Gasteiger partial charge on any atom is 0.196 e. The van der Waals surface area contributed by atoms with Crippen molar-refractivity contribution in [3.05, 3.63) is 11.3 Å². The summed E-state index contributed by atoms with van der Waals surface area (Å²) in [7, 11) is 0. The molecule has 12 heavy (non-hydrogen) atoms. The highest BCUT2D eigenvalue weighted by atomic mass is 16.7. The van der Waals surface area contributed by atoms with E-state index in [1.54, 1.807) is 0 Å². The van der Waals surface area contributed by atoms with E-state index in [2.05, 4.69) is 6.92 Å². The van der Waals surface area contributed by atoms with Crippen LogP contribution in [0.4, 0.5) is 0 Å². The smallest absolute Gasteiger partial charge is 0.196 e. The van der Waals surface area contributed by atoms with Gasteiger partial charge in [0, 0.05) is 6.42 Å². The zero-order chi connectivity index (χ0) is 8.55. The van der Waals surface area contributed by atoms with Crippen LogP contribution >= 0.6 is 0 Å². The van der Waals surface area contributed by atoms with Gasteiger partial charge in [-0.05, 0) is 31.3 Å². The van der Waals surface area contributed by atoms with Crippen LogP contribution < -0.4 is 0 Å². The molecule has 0 aromatic rings. The lowest BCUT2D eigenvalue weighted by Crippen LogP contribution is -2.25. The highest BCUT2D eigenvalue weighted by molar-refractivity contribution is 5.14. The average Bonchev–Trinajstić information content (AvgIpc) is 2.05. The van der Waals surface area contributed by atoms with Gasteiger partial charge >= 0.3 is 0 Å². The van der Waals surface area contributed by atoms with Gasteiger partial charge in [-0.1, -0.05) is 6.92 Å². The molecular formula is C10H16O2. The van der Waals surface area contributed by atoms with Crippen molar-refractivity contribution in [2.45, 2.75) is 39.4 Å². The third kappa shape index (κ3) is 1.48. The highest BCUT2D eigenvalue weighted by Crippen LogP contribution is 2.33. The molecule has 0 radical (unpaired) electrons. The zero-order valence-electron chi connectivity index (χ0n) is 7.80. The van der Waals surface area contributed by atoms with Crippen molar-refractivity contribution in [2.75, 3.05) is 6.61 Å². The minimum absolute atomic E-state index is 0.0304. The zero-order valence-corrected chi connectivity index (χ0v) is 7.80. The van der Waals surface area contributed by atoms with Crippen molar-refractivity contribution in [1.82, 2.24) is 0 Å². The first-order valence-corrected chi connectivity index (χ1v) is 4.75. The summed E-state index contributed by atoms with van der Waals surface area (Å²) < 4.78 is 11.0. The Morgan fingerprint density at radius 1 is 1.33 bits per heavy atom. The third-order valence-electron chi connectivity index (χ3n) is 2.65. The topological polar surface area (TPSA) is 18.5 Å². The van der Waals surface area contributed by atoms with E-state index in [-0.39, 0.29) is 6.29 Å². The van der Waals surface area contributed by atoms with Gasteiger partial charge < -0.3 is 9.47 Å². The van der Waals surface area contributed by atoms with E-state index in [4.69, 9.17) is 9.47 Å². The maximum atomic E-state index is 5.60. The monoisotopic (exact) mass is 168 g/mol. The van der Waals surface area contributed by atoms with E-state index in [9.17, 15) is 0 Å². The van der Waals surface area contributed by atoms with Crippen LogP contribution in [0.1, 0.15) is 33.1 Å². The fourth-order valence-electron chi connectivity index (χ4n) is 1.92. The lowest BCUT2D eigenvalue weighted by Gasteiger charge is -2.31. The molecule has 1 aliphatic carbocycles. The van der Waals surface area contributed by atoms with Crippen molar-refractivity contribution in [2.24, 2.45) is 5.92 Å². The summed E-state index contributed by atoms with van der Waals surface area (Å²) >= 11 is 0. The van der Waals surface area contributed by atoms with E-state index < -0.39 is 0 Å². The molecule has 2 heteroatoms. The van der Waals surface area contributed by atoms with Gasteiger partial charge in [-0.15, -0.1) is 0 Å². The van der Waals surface area contributed by atoms with E-state index in [0.29, 0.717) is 0 Å². The number of allylic oxidation sites excluding steroid dienone is 1. The molecule has 0 spiro atoms. The van der Waals surface area contributed by atoms with Gasteiger partial charge in [0.05, 0.1) is 6.61 Å². The van der Waals surface area contributed by atoms with Gasteiger partial charge in [0.25, 0.3) is 0 Å². The number of rotatable bonds is 0. The highest BCUT2D eigenvalue weighted by Gasteiger charge is 2.24. The molecule has 2 atom stereocenters. The molecule has 2 nitrogen and oxygen atoms in total. The molecule has 0 saturated carbocycles. The van der Waals surface area contributed by atoms with Crippen molar-refractivity contribution >= 4 is 0 Å². The van der Waals surface area contributed by atoms with Gasteiger partial charge in [-0.25, -0.2) is 0 Å². The molecule has 0 fully saturated rings. The predicted octanol–water partition coefficient (Wildman–Crippen LogP) is 2.45. The van der Waals surface area contributed by atoms with E-state index >= 15 is 0 Å². The summed E-state index contributed by atoms with van der Waals surface area (Å²) in [5.41, 5.74) is 1.40. The van der Waals surface area contributed by atoms with Crippen molar-refractivity contribution < 1.29 is 9.47 Å².